The molecular weight excluding hydrogens is 451 g/mol. The summed E-state index contributed by atoms with van der Waals surface area (Å²) < 4.78 is 47.9. The minimum absolute atomic E-state index is 0.0239. The van der Waals surface area contributed by atoms with Crippen LogP contribution in [0.25, 0.3) is 0 Å². The van der Waals surface area contributed by atoms with Crippen molar-refractivity contribution in [1.29, 1.82) is 0 Å². The van der Waals surface area contributed by atoms with Crippen LogP contribution >= 0.6 is 11.6 Å². The molecule has 32 heavy (non-hydrogen) atoms. The zero-order chi connectivity index (χ0) is 22.9. The summed E-state index contributed by atoms with van der Waals surface area (Å²) in [6.07, 6.45) is 2.93. The third kappa shape index (κ3) is 5.13. The van der Waals surface area contributed by atoms with E-state index in [0.717, 1.165) is 18.9 Å². The van der Waals surface area contributed by atoms with Crippen LogP contribution in [0.15, 0.2) is 18.2 Å². The topological polar surface area (TPSA) is 88.7 Å². The van der Waals surface area contributed by atoms with E-state index in [9.17, 15) is 22.8 Å². The first-order valence-electron chi connectivity index (χ1n) is 10.6. The van der Waals surface area contributed by atoms with Crippen LogP contribution in [-0.2, 0) is 14.3 Å². The Morgan fingerprint density at radius 2 is 1.91 bits per heavy atom. The van der Waals surface area contributed by atoms with Crippen molar-refractivity contribution in [2.75, 3.05) is 13.2 Å². The number of hydrogen-bond donors (Lipinski definition) is 3. The zero-order valence-electron chi connectivity index (χ0n) is 17.3. The Bertz CT molecular complexity index is 874. The van der Waals surface area contributed by atoms with Crippen molar-refractivity contribution < 1.29 is 32.2 Å². The van der Waals surface area contributed by atoms with Crippen LogP contribution in [0.5, 0.6) is 5.75 Å². The van der Waals surface area contributed by atoms with Gasteiger partial charge in [-0.25, -0.2) is 4.39 Å². The molecule has 0 radical (unpaired) electrons. The quantitative estimate of drug-likeness (QED) is 0.537. The second-order valence-electron chi connectivity index (χ2n) is 8.87. The number of rotatable bonds is 8. The van der Waals surface area contributed by atoms with Crippen LogP contribution in [0.4, 0.5) is 13.2 Å². The molecule has 3 aliphatic carbocycles. The van der Waals surface area contributed by atoms with E-state index >= 15 is 0 Å². The molecule has 7 nitrogen and oxygen atoms in total. The highest BCUT2D eigenvalue weighted by Gasteiger charge is 2.62. The van der Waals surface area contributed by atoms with Crippen molar-refractivity contribution in [2.24, 2.45) is 0 Å². The minimum Gasteiger partial charge on any atom is -0.484 e. The SMILES string of the molecule is O=C(COc1ccc(Cl)c(F)c1)NC12CCC(NC(=O)C3CCC(OC(F)F)CN3)(C1)C2. The number of ether oxygens (including phenoxy) is 2. The second kappa shape index (κ2) is 9.07. The number of piperidine rings is 1. The molecule has 5 rings (SSSR count). The molecular formula is C21H25ClF3N3O4. The second-order valence-corrected chi connectivity index (χ2v) is 9.28. The molecule has 2 atom stereocenters. The maximum atomic E-state index is 13.5. The molecule has 1 aromatic rings. The van der Waals surface area contributed by atoms with Crippen LogP contribution < -0.4 is 20.7 Å². The lowest BCUT2D eigenvalue weighted by atomic mass is 9.71. The summed E-state index contributed by atoms with van der Waals surface area (Å²) >= 11 is 5.63. The standard InChI is InChI=1S/C21H25ClF3N3O4/c22-14-3-1-12(7-15(14)23)31-9-17(29)27-20-5-6-21(10-20,11-20)28-18(30)16-4-2-13(8-26-16)32-19(24)25/h1,3,7,13,16,19,26H,2,4-6,8-11H2,(H,27,29)(H,28,30). The Labute approximate surface area is 188 Å². The summed E-state index contributed by atoms with van der Waals surface area (Å²) in [5, 5.41) is 9.02. The molecule has 2 unspecified atom stereocenters. The monoisotopic (exact) mass is 475 g/mol. The molecule has 3 N–H and O–H groups in total. The molecule has 4 fully saturated rings. The van der Waals surface area contributed by atoms with Gasteiger partial charge in [0.1, 0.15) is 11.6 Å². The van der Waals surface area contributed by atoms with Crippen molar-refractivity contribution in [3.05, 3.63) is 29.0 Å². The Morgan fingerprint density at radius 1 is 1.19 bits per heavy atom. The number of halogens is 4. The molecule has 2 amide bonds. The summed E-state index contributed by atoms with van der Waals surface area (Å²) in [4.78, 5) is 25.0. The van der Waals surface area contributed by atoms with Crippen LogP contribution in [0.3, 0.4) is 0 Å². The number of benzene rings is 1. The maximum absolute atomic E-state index is 13.5. The van der Waals surface area contributed by atoms with Gasteiger partial charge in [0.05, 0.1) is 17.2 Å². The number of alkyl halides is 2. The highest BCUT2D eigenvalue weighted by Crippen LogP contribution is 2.55. The van der Waals surface area contributed by atoms with Crippen molar-refractivity contribution in [3.63, 3.8) is 0 Å². The molecule has 0 aromatic heterocycles. The fourth-order valence-corrected chi connectivity index (χ4v) is 5.21. The Balaban J connectivity index is 1.20. The average Bonchev–Trinajstić information content (AvgIpc) is 3.23. The third-order valence-electron chi connectivity index (χ3n) is 6.47. The van der Waals surface area contributed by atoms with Gasteiger partial charge in [-0.15, -0.1) is 0 Å². The highest BCUT2D eigenvalue weighted by atomic mass is 35.5. The van der Waals surface area contributed by atoms with Crippen molar-refractivity contribution in [1.82, 2.24) is 16.0 Å². The third-order valence-corrected chi connectivity index (χ3v) is 6.78. The molecule has 176 valence electrons. The van der Waals surface area contributed by atoms with Crippen LogP contribution in [0.2, 0.25) is 5.02 Å². The van der Waals surface area contributed by atoms with E-state index < -0.39 is 24.6 Å². The van der Waals surface area contributed by atoms with E-state index in [-0.39, 0.29) is 46.8 Å². The first-order chi connectivity index (χ1) is 15.2. The molecule has 11 heteroatoms. The van der Waals surface area contributed by atoms with Crippen LogP contribution in [-0.4, -0.2) is 54.8 Å². The van der Waals surface area contributed by atoms with Gasteiger partial charge in [-0.3, -0.25) is 9.59 Å². The number of amides is 2. The van der Waals surface area contributed by atoms with E-state index in [1.807, 2.05) is 0 Å². The summed E-state index contributed by atoms with van der Waals surface area (Å²) in [6, 6.07) is 3.52. The molecule has 3 saturated carbocycles. The summed E-state index contributed by atoms with van der Waals surface area (Å²) in [5.74, 6) is -0.887. The Morgan fingerprint density at radius 3 is 2.53 bits per heavy atom. The van der Waals surface area contributed by atoms with Gasteiger partial charge < -0.3 is 25.4 Å². The number of fused-ring (bicyclic) bond motifs is 1. The fraction of sp³-hybridized carbons (Fsp3) is 0.619. The molecule has 1 heterocycles. The summed E-state index contributed by atoms with van der Waals surface area (Å²) in [7, 11) is 0. The zero-order valence-corrected chi connectivity index (χ0v) is 18.0. The predicted molar refractivity (Wildman–Crippen MR) is 109 cm³/mol. The molecule has 1 saturated heterocycles. The Hall–Kier alpha value is -2.04. The average molecular weight is 476 g/mol. The van der Waals surface area contributed by atoms with Gasteiger partial charge in [0.25, 0.3) is 5.91 Å². The van der Waals surface area contributed by atoms with Gasteiger partial charge in [-0.2, -0.15) is 8.78 Å². The van der Waals surface area contributed by atoms with E-state index in [1.54, 1.807) is 0 Å². The molecule has 2 bridgehead atoms. The number of carbonyl (C=O) groups is 2. The normalized spacial score (nSPS) is 31.2. The van der Waals surface area contributed by atoms with Gasteiger partial charge in [0.2, 0.25) is 5.91 Å². The lowest BCUT2D eigenvalue weighted by Crippen LogP contribution is -2.66. The largest absolute Gasteiger partial charge is 0.484 e. The van der Waals surface area contributed by atoms with Crippen LogP contribution in [0, 0.1) is 5.82 Å². The van der Waals surface area contributed by atoms with Gasteiger partial charge in [-0.05, 0) is 50.7 Å². The van der Waals surface area contributed by atoms with E-state index in [1.165, 1.54) is 12.1 Å². The number of hydrogen-bond acceptors (Lipinski definition) is 5. The molecule has 1 aliphatic heterocycles. The van der Waals surface area contributed by atoms with E-state index in [4.69, 9.17) is 16.3 Å². The number of carbonyl (C=O) groups excluding carboxylic acids is 2. The van der Waals surface area contributed by atoms with Gasteiger partial charge in [0, 0.05) is 23.7 Å². The van der Waals surface area contributed by atoms with E-state index in [2.05, 4.69) is 20.7 Å². The predicted octanol–water partition coefficient (Wildman–Crippen LogP) is 2.52. The summed E-state index contributed by atoms with van der Waals surface area (Å²) in [5.41, 5.74) is -0.738. The van der Waals surface area contributed by atoms with E-state index in [0.29, 0.717) is 25.7 Å². The maximum Gasteiger partial charge on any atom is 0.345 e. The lowest BCUT2D eigenvalue weighted by molar-refractivity contribution is -0.168. The smallest absolute Gasteiger partial charge is 0.345 e. The lowest BCUT2D eigenvalue weighted by Gasteiger charge is -2.48. The molecule has 1 aromatic carbocycles. The molecule has 4 aliphatic rings. The van der Waals surface area contributed by atoms with Crippen molar-refractivity contribution in [3.8, 4) is 5.75 Å². The first kappa shape index (κ1) is 23.1. The Kier molecular flexibility index (Phi) is 6.56. The number of nitrogens with one attached hydrogen (secondary N) is 3. The highest BCUT2D eigenvalue weighted by molar-refractivity contribution is 6.30. The van der Waals surface area contributed by atoms with Crippen molar-refractivity contribution in [2.45, 2.75) is 68.4 Å². The first-order valence-corrected chi connectivity index (χ1v) is 10.9. The van der Waals surface area contributed by atoms with Crippen LogP contribution in [0.1, 0.15) is 38.5 Å². The van der Waals surface area contributed by atoms with Gasteiger partial charge >= 0.3 is 6.61 Å². The van der Waals surface area contributed by atoms with Gasteiger partial charge in [0.15, 0.2) is 6.61 Å². The molecule has 0 spiro atoms. The minimum atomic E-state index is -2.82. The fourth-order valence-electron chi connectivity index (χ4n) is 5.09. The van der Waals surface area contributed by atoms with Crippen molar-refractivity contribution >= 4 is 23.4 Å². The summed E-state index contributed by atoms with van der Waals surface area (Å²) in [6.45, 7) is -2.87. The van der Waals surface area contributed by atoms with Gasteiger partial charge in [-0.1, -0.05) is 11.6 Å².